The largest absolute Gasteiger partial charge is 0.457 e. The maximum Gasteiger partial charge on any atom is 0.338 e. The number of piperazine rings is 1. The lowest BCUT2D eigenvalue weighted by atomic mass is 9.95. The van der Waals surface area contributed by atoms with Crippen LogP contribution in [0.3, 0.4) is 0 Å². The van der Waals surface area contributed by atoms with Gasteiger partial charge in [-0.2, -0.15) is 0 Å². The molecule has 0 unspecified atom stereocenters. The fourth-order valence-electron chi connectivity index (χ4n) is 5.21. The van der Waals surface area contributed by atoms with Gasteiger partial charge in [-0.3, -0.25) is 4.90 Å². The number of aliphatic hydroxyl groups is 1. The zero-order valence-electron chi connectivity index (χ0n) is 19.2. The van der Waals surface area contributed by atoms with Crippen LogP contribution < -0.4 is 0 Å². The number of ether oxygens (including phenoxy) is 2. The van der Waals surface area contributed by atoms with Crippen LogP contribution in [0.4, 0.5) is 0 Å². The molecule has 3 aliphatic heterocycles. The average molecular weight is 451 g/mol. The Morgan fingerprint density at radius 1 is 0.848 bits per heavy atom. The lowest BCUT2D eigenvalue weighted by Crippen LogP contribution is -2.48. The molecule has 3 heterocycles. The summed E-state index contributed by atoms with van der Waals surface area (Å²) >= 11 is 0. The molecule has 0 bridgehead atoms. The molecule has 33 heavy (non-hydrogen) atoms. The van der Waals surface area contributed by atoms with Crippen LogP contribution in [0.15, 0.2) is 24.3 Å². The van der Waals surface area contributed by atoms with E-state index in [1.807, 2.05) is 19.1 Å². The molecular formula is C26H30N2O5. The van der Waals surface area contributed by atoms with Crippen molar-refractivity contribution in [2.45, 2.75) is 39.6 Å². The Balaban J connectivity index is 1.13. The number of carbonyl (C=O) groups excluding carboxylic acids is 2. The summed E-state index contributed by atoms with van der Waals surface area (Å²) in [5.74, 6) is -0.489. The number of aliphatic hydroxyl groups excluding tert-OH is 1. The zero-order chi connectivity index (χ0) is 23.1. The molecule has 0 saturated carbocycles. The number of carbonyl (C=O) groups is 2. The van der Waals surface area contributed by atoms with Crippen LogP contribution in [-0.2, 0) is 29.1 Å². The first-order valence-corrected chi connectivity index (χ1v) is 11.6. The quantitative estimate of drug-likeness (QED) is 0.678. The third-order valence-corrected chi connectivity index (χ3v) is 7.44. The second kappa shape index (κ2) is 8.89. The van der Waals surface area contributed by atoms with E-state index in [0.29, 0.717) is 30.9 Å². The molecule has 0 aromatic heterocycles. The number of benzene rings is 2. The highest BCUT2D eigenvalue weighted by Gasteiger charge is 2.27. The van der Waals surface area contributed by atoms with Gasteiger partial charge in [0.25, 0.3) is 0 Å². The molecule has 2 aromatic carbocycles. The van der Waals surface area contributed by atoms with Crippen LogP contribution in [0.5, 0.6) is 0 Å². The molecule has 3 aliphatic rings. The topological polar surface area (TPSA) is 79.3 Å². The van der Waals surface area contributed by atoms with Crippen molar-refractivity contribution in [3.63, 3.8) is 0 Å². The minimum Gasteiger partial charge on any atom is -0.457 e. The number of nitrogens with zero attached hydrogens (tertiary/aromatic N) is 2. The smallest absolute Gasteiger partial charge is 0.338 e. The van der Waals surface area contributed by atoms with Crippen molar-refractivity contribution in [2.24, 2.45) is 0 Å². The maximum absolute atomic E-state index is 11.8. The number of β-amino-alcohol motifs (C(OH)–C–C–N with tert-alkyl or cyclic N) is 1. The summed E-state index contributed by atoms with van der Waals surface area (Å²) in [6, 6.07) is 7.59. The number of esters is 2. The minimum atomic E-state index is -0.587. The molecule has 0 spiro atoms. The number of rotatable bonds is 6. The van der Waals surface area contributed by atoms with Gasteiger partial charge in [-0.25, -0.2) is 9.59 Å². The van der Waals surface area contributed by atoms with Gasteiger partial charge in [-0.15, -0.1) is 0 Å². The van der Waals surface area contributed by atoms with E-state index >= 15 is 0 Å². The van der Waals surface area contributed by atoms with E-state index in [1.54, 1.807) is 6.07 Å². The highest BCUT2D eigenvalue weighted by Crippen LogP contribution is 2.30. The van der Waals surface area contributed by atoms with E-state index in [1.165, 1.54) is 11.1 Å². The molecule has 0 aliphatic carbocycles. The summed E-state index contributed by atoms with van der Waals surface area (Å²) in [5.41, 5.74) is 7.56. The van der Waals surface area contributed by atoms with Crippen LogP contribution in [0.2, 0.25) is 0 Å². The van der Waals surface area contributed by atoms with Crippen molar-refractivity contribution in [2.75, 3.05) is 39.3 Å². The van der Waals surface area contributed by atoms with E-state index in [0.717, 1.165) is 61.4 Å². The molecule has 1 N–H and O–H groups in total. The van der Waals surface area contributed by atoms with E-state index in [2.05, 4.69) is 22.8 Å². The predicted octanol–water partition coefficient (Wildman–Crippen LogP) is 2.54. The summed E-state index contributed by atoms with van der Waals surface area (Å²) in [5, 5.41) is 10.9. The first-order chi connectivity index (χ1) is 15.9. The molecule has 7 heteroatoms. The van der Waals surface area contributed by atoms with E-state index < -0.39 is 6.10 Å². The summed E-state index contributed by atoms with van der Waals surface area (Å²) in [4.78, 5) is 28.3. The normalized spacial score (nSPS) is 19.2. The zero-order valence-corrected chi connectivity index (χ0v) is 19.2. The fourth-order valence-corrected chi connectivity index (χ4v) is 5.21. The molecule has 1 fully saturated rings. The lowest BCUT2D eigenvalue weighted by Gasteiger charge is -2.36. The Kier molecular flexibility index (Phi) is 5.95. The Bertz CT molecular complexity index is 1100. The van der Waals surface area contributed by atoms with Crippen LogP contribution in [-0.4, -0.2) is 66.1 Å². The van der Waals surface area contributed by atoms with Crippen molar-refractivity contribution >= 4 is 11.9 Å². The molecule has 0 radical (unpaired) electrons. The summed E-state index contributed by atoms with van der Waals surface area (Å²) in [6.45, 7) is 10.0. The molecular weight excluding hydrogens is 420 g/mol. The maximum atomic E-state index is 11.8. The summed E-state index contributed by atoms with van der Waals surface area (Å²) in [7, 11) is 0. The van der Waals surface area contributed by atoms with E-state index in [9.17, 15) is 14.7 Å². The van der Waals surface area contributed by atoms with Crippen molar-refractivity contribution in [1.29, 1.82) is 0 Å². The van der Waals surface area contributed by atoms with Crippen molar-refractivity contribution in [3.05, 3.63) is 68.8 Å². The van der Waals surface area contributed by atoms with Crippen molar-refractivity contribution in [3.8, 4) is 0 Å². The van der Waals surface area contributed by atoms with Gasteiger partial charge in [0, 0.05) is 50.4 Å². The standard InChI is InChI=1S/C26H30N2O5/c1-16-18(3-4-20-22(16)14-32-25(20)30)7-8-27-9-11-28(12-10-27)13-24(29)19-5-6-21-23(17(19)2)15-33-26(21)31/h3-6,24,29H,7-15H2,1-2H3/t24-/m0/s1. The highest BCUT2D eigenvalue weighted by molar-refractivity contribution is 5.94. The Morgan fingerprint density at radius 3 is 2.09 bits per heavy atom. The van der Waals surface area contributed by atoms with Crippen LogP contribution >= 0.6 is 0 Å². The van der Waals surface area contributed by atoms with Crippen molar-refractivity contribution < 1.29 is 24.2 Å². The molecule has 7 nitrogen and oxygen atoms in total. The first kappa shape index (κ1) is 22.1. The Hall–Kier alpha value is -2.74. The van der Waals surface area contributed by atoms with Gasteiger partial charge in [-0.1, -0.05) is 12.1 Å². The van der Waals surface area contributed by atoms with Crippen LogP contribution in [0.25, 0.3) is 0 Å². The SMILES string of the molecule is Cc1c(CCN2CCN(C[C@H](O)c3ccc4c(c3C)COC4=O)CC2)ccc2c1COC2=O. The van der Waals surface area contributed by atoms with Crippen LogP contribution in [0, 0.1) is 13.8 Å². The monoisotopic (exact) mass is 450 g/mol. The third-order valence-electron chi connectivity index (χ3n) is 7.44. The number of cyclic esters (lactones) is 2. The fraction of sp³-hybridized carbons (Fsp3) is 0.462. The van der Waals surface area contributed by atoms with E-state index in [-0.39, 0.29) is 11.9 Å². The molecule has 1 saturated heterocycles. The molecule has 5 rings (SSSR count). The minimum absolute atomic E-state index is 0.213. The van der Waals surface area contributed by atoms with Gasteiger partial charge < -0.3 is 19.5 Å². The molecule has 2 aromatic rings. The van der Waals surface area contributed by atoms with Gasteiger partial charge in [-0.05, 0) is 54.7 Å². The molecule has 0 amide bonds. The van der Waals surface area contributed by atoms with Crippen molar-refractivity contribution in [1.82, 2.24) is 9.80 Å². The lowest BCUT2D eigenvalue weighted by molar-refractivity contribution is 0.0525. The van der Waals surface area contributed by atoms with Gasteiger partial charge in [0.05, 0.1) is 17.2 Å². The Morgan fingerprint density at radius 2 is 1.42 bits per heavy atom. The van der Waals surface area contributed by atoms with Gasteiger partial charge >= 0.3 is 11.9 Å². The Labute approximate surface area is 193 Å². The highest BCUT2D eigenvalue weighted by atomic mass is 16.5. The second-order valence-corrected chi connectivity index (χ2v) is 9.24. The van der Waals surface area contributed by atoms with Gasteiger partial charge in [0.15, 0.2) is 0 Å². The predicted molar refractivity (Wildman–Crippen MR) is 122 cm³/mol. The van der Waals surface area contributed by atoms with Gasteiger partial charge in [0.2, 0.25) is 0 Å². The second-order valence-electron chi connectivity index (χ2n) is 9.24. The van der Waals surface area contributed by atoms with Crippen LogP contribution in [0.1, 0.15) is 60.2 Å². The first-order valence-electron chi connectivity index (χ1n) is 11.6. The molecule has 174 valence electrons. The third kappa shape index (κ3) is 4.16. The number of hydrogen-bond acceptors (Lipinski definition) is 7. The van der Waals surface area contributed by atoms with Gasteiger partial charge in [0.1, 0.15) is 13.2 Å². The average Bonchev–Trinajstić information content (AvgIpc) is 3.38. The van der Waals surface area contributed by atoms with E-state index in [4.69, 9.17) is 9.47 Å². The number of fused-ring (bicyclic) bond motifs is 2. The summed E-state index contributed by atoms with van der Waals surface area (Å²) in [6.07, 6.45) is 0.363. The molecule has 1 atom stereocenters. The number of hydrogen-bond donors (Lipinski definition) is 1. The summed E-state index contributed by atoms with van der Waals surface area (Å²) < 4.78 is 10.3.